The van der Waals surface area contributed by atoms with E-state index < -0.39 is 0 Å². The summed E-state index contributed by atoms with van der Waals surface area (Å²) in [4.78, 5) is 2.70. The van der Waals surface area contributed by atoms with E-state index in [2.05, 4.69) is 48.3 Å². The van der Waals surface area contributed by atoms with E-state index in [0.29, 0.717) is 6.04 Å². The Morgan fingerprint density at radius 3 is 2.79 bits per heavy atom. The third-order valence-electron chi connectivity index (χ3n) is 4.75. The van der Waals surface area contributed by atoms with E-state index in [1.807, 2.05) is 0 Å². The van der Waals surface area contributed by atoms with Crippen molar-refractivity contribution in [2.75, 3.05) is 19.6 Å². The summed E-state index contributed by atoms with van der Waals surface area (Å²) < 4.78 is 0. The molecule has 1 aliphatic heterocycles. The maximum absolute atomic E-state index is 3.73. The molecule has 1 aliphatic carbocycles. The van der Waals surface area contributed by atoms with Crippen LogP contribution in [0.5, 0.6) is 0 Å². The van der Waals surface area contributed by atoms with Crippen LogP contribution < -0.4 is 5.32 Å². The zero-order chi connectivity index (χ0) is 13.2. The molecule has 2 atom stereocenters. The van der Waals surface area contributed by atoms with Gasteiger partial charge in [0.05, 0.1) is 0 Å². The third kappa shape index (κ3) is 3.18. The molecule has 2 heteroatoms. The van der Waals surface area contributed by atoms with Crippen LogP contribution in [0.3, 0.4) is 0 Å². The number of nitrogens with zero attached hydrogens (tertiary/aromatic N) is 1. The van der Waals surface area contributed by atoms with Crippen LogP contribution >= 0.6 is 0 Å². The fourth-order valence-corrected chi connectivity index (χ4v) is 3.33. The van der Waals surface area contributed by atoms with Gasteiger partial charge in [-0.1, -0.05) is 24.3 Å². The average Bonchev–Trinajstić information content (AvgIpc) is 3.16. The lowest BCUT2D eigenvalue weighted by Crippen LogP contribution is -2.29. The molecule has 1 saturated carbocycles. The van der Waals surface area contributed by atoms with Gasteiger partial charge in [-0.25, -0.2) is 0 Å². The summed E-state index contributed by atoms with van der Waals surface area (Å²) in [5.74, 6) is 0.854. The zero-order valence-electron chi connectivity index (χ0n) is 12.2. The standard InChI is InChI=1S/C17H26N2/c1-13-5-3-4-6-17(13)14(2)18-11-15-9-10-19(12-15)16-7-8-16/h3-6,14-16,18H,7-12H2,1-2H3. The predicted octanol–water partition coefficient (Wildman–Crippen LogP) is 3.13. The summed E-state index contributed by atoms with van der Waals surface area (Å²) in [5, 5.41) is 3.73. The van der Waals surface area contributed by atoms with Gasteiger partial charge in [-0.15, -0.1) is 0 Å². The first-order chi connectivity index (χ1) is 9.24. The number of aryl methyl sites for hydroxylation is 1. The molecule has 0 bridgehead atoms. The Kier molecular flexibility index (Phi) is 3.90. The molecular formula is C17H26N2. The topological polar surface area (TPSA) is 15.3 Å². The first-order valence-electron chi connectivity index (χ1n) is 7.77. The average molecular weight is 258 g/mol. The number of hydrogen-bond donors (Lipinski definition) is 1. The highest BCUT2D eigenvalue weighted by Gasteiger charge is 2.34. The fraction of sp³-hybridized carbons (Fsp3) is 0.647. The molecule has 0 spiro atoms. The molecule has 1 saturated heterocycles. The molecule has 19 heavy (non-hydrogen) atoms. The Morgan fingerprint density at radius 2 is 2.05 bits per heavy atom. The van der Waals surface area contributed by atoms with Gasteiger partial charge >= 0.3 is 0 Å². The lowest BCUT2D eigenvalue weighted by molar-refractivity contribution is 0.310. The molecule has 3 rings (SSSR count). The Bertz CT molecular complexity index is 425. The maximum Gasteiger partial charge on any atom is 0.0294 e. The molecule has 2 unspecified atom stereocenters. The van der Waals surface area contributed by atoms with Gasteiger partial charge in [-0.2, -0.15) is 0 Å². The molecule has 2 fully saturated rings. The van der Waals surface area contributed by atoms with Crippen molar-refractivity contribution in [2.24, 2.45) is 5.92 Å². The highest BCUT2D eigenvalue weighted by atomic mass is 15.2. The van der Waals surface area contributed by atoms with E-state index in [9.17, 15) is 0 Å². The monoisotopic (exact) mass is 258 g/mol. The number of nitrogens with one attached hydrogen (secondary N) is 1. The van der Waals surface area contributed by atoms with Crippen LogP contribution in [0.2, 0.25) is 0 Å². The molecule has 2 aliphatic rings. The Hall–Kier alpha value is -0.860. The van der Waals surface area contributed by atoms with Crippen molar-refractivity contribution in [3.8, 4) is 0 Å². The molecular weight excluding hydrogens is 232 g/mol. The van der Waals surface area contributed by atoms with Crippen LogP contribution in [0, 0.1) is 12.8 Å². The van der Waals surface area contributed by atoms with Crippen molar-refractivity contribution in [3.63, 3.8) is 0 Å². The van der Waals surface area contributed by atoms with Crippen molar-refractivity contribution >= 4 is 0 Å². The summed E-state index contributed by atoms with van der Waals surface area (Å²) in [5.41, 5.74) is 2.84. The SMILES string of the molecule is Cc1ccccc1C(C)NCC1CCN(C2CC2)C1. The lowest BCUT2D eigenvalue weighted by Gasteiger charge is -2.20. The second kappa shape index (κ2) is 5.64. The van der Waals surface area contributed by atoms with E-state index in [4.69, 9.17) is 0 Å². The van der Waals surface area contributed by atoms with Crippen LogP contribution in [0.4, 0.5) is 0 Å². The minimum absolute atomic E-state index is 0.469. The second-order valence-electron chi connectivity index (χ2n) is 6.37. The summed E-state index contributed by atoms with van der Waals surface area (Å²) in [6.45, 7) is 8.31. The first kappa shape index (κ1) is 13.1. The number of hydrogen-bond acceptors (Lipinski definition) is 2. The largest absolute Gasteiger partial charge is 0.310 e. The minimum atomic E-state index is 0.469. The third-order valence-corrected chi connectivity index (χ3v) is 4.75. The molecule has 1 N–H and O–H groups in total. The number of rotatable bonds is 5. The van der Waals surface area contributed by atoms with E-state index in [0.717, 1.165) is 12.0 Å². The quantitative estimate of drug-likeness (QED) is 0.873. The normalized spacial score (nSPS) is 25.7. The van der Waals surface area contributed by atoms with Crippen molar-refractivity contribution in [1.82, 2.24) is 10.2 Å². The second-order valence-corrected chi connectivity index (χ2v) is 6.37. The molecule has 104 valence electrons. The van der Waals surface area contributed by atoms with Gasteiger partial charge in [-0.05, 0) is 63.2 Å². The van der Waals surface area contributed by atoms with Crippen LogP contribution in [0.1, 0.15) is 43.4 Å². The summed E-state index contributed by atoms with van der Waals surface area (Å²) in [6.07, 6.45) is 4.27. The highest BCUT2D eigenvalue weighted by molar-refractivity contribution is 5.28. The molecule has 0 aromatic heterocycles. The van der Waals surface area contributed by atoms with Crippen LogP contribution in [-0.4, -0.2) is 30.6 Å². The van der Waals surface area contributed by atoms with Gasteiger partial charge in [0.1, 0.15) is 0 Å². The van der Waals surface area contributed by atoms with E-state index >= 15 is 0 Å². The predicted molar refractivity (Wildman–Crippen MR) is 80.3 cm³/mol. The first-order valence-corrected chi connectivity index (χ1v) is 7.77. The van der Waals surface area contributed by atoms with Crippen LogP contribution in [0.25, 0.3) is 0 Å². The summed E-state index contributed by atoms with van der Waals surface area (Å²) >= 11 is 0. The van der Waals surface area contributed by atoms with Gasteiger partial charge in [0, 0.05) is 18.6 Å². The summed E-state index contributed by atoms with van der Waals surface area (Å²) in [7, 11) is 0. The Morgan fingerprint density at radius 1 is 1.26 bits per heavy atom. The molecule has 2 nitrogen and oxygen atoms in total. The van der Waals surface area contributed by atoms with Crippen molar-refractivity contribution < 1.29 is 0 Å². The molecule has 1 aromatic carbocycles. The Labute approximate surface area is 117 Å². The minimum Gasteiger partial charge on any atom is -0.310 e. The van der Waals surface area contributed by atoms with Crippen molar-refractivity contribution in [1.29, 1.82) is 0 Å². The maximum atomic E-state index is 3.73. The lowest BCUT2D eigenvalue weighted by atomic mass is 10.0. The Balaban J connectivity index is 1.48. The van der Waals surface area contributed by atoms with E-state index in [-0.39, 0.29) is 0 Å². The molecule has 1 heterocycles. The van der Waals surface area contributed by atoms with Gasteiger partial charge < -0.3 is 10.2 Å². The fourth-order valence-electron chi connectivity index (χ4n) is 3.33. The van der Waals surface area contributed by atoms with E-state index in [1.165, 1.54) is 50.0 Å². The van der Waals surface area contributed by atoms with Crippen LogP contribution in [0.15, 0.2) is 24.3 Å². The molecule has 0 amide bonds. The van der Waals surface area contributed by atoms with Gasteiger partial charge in [0.15, 0.2) is 0 Å². The smallest absolute Gasteiger partial charge is 0.0294 e. The number of benzene rings is 1. The van der Waals surface area contributed by atoms with E-state index in [1.54, 1.807) is 0 Å². The summed E-state index contributed by atoms with van der Waals surface area (Å²) in [6, 6.07) is 10.1. The van der Waals surface area contributed by atoms with Gasteiger partial charge in [0.2, 0.25) is 0 Å². The van der Waals surface area contributed by atoms with Gasteiger partial charge in [-0.3, -0.25) is 0 Å². The van der Waals surface area contributed by atoms with Crippen molar-refractivity contribution in [3.05, 3.63) is 35.4 Å². The number of likely N-dealkylation sites (tertiary alicyclic amines) is 1. The highest BCUT2D eigenvalue weighted by Crippen LogP contribution is 2.31. The van der Waals surface area contributed by atoms with Crippen molar-refractivity contribution in [2.45, 2.75) is 45.2 Å². The molecule has 1 aromatic rings. The zero-order valence-corrected chi connectivity index (χ0v) is 12.2. The van der Waals surface area contributed by atoms with Crippen LogP contribution in [-0.2, 0) is 0 Å². The molecule has 0 radical (unpaired) electrons. The van der Waals surface area contributed by atoms with Gasteiger partial charge in [0.25, 0.3) is 0 Å².